The van der Waals surface area contributed by atoms with Gasteiger partial charge in [-0.25, -0.2) is 4.39 Å². The number of hydrogen-bond acceptors (Lipinski definition) is 3. The van der Waals surface area contributed by atoms with Crippen LogP contribution in [0, 0.1) is 23.4 Å². The molecule has 3 nitrogen and oxygen atoms in total. The molecule has 0 aromatic heterocycles. The maximum Gasteiger partial charge on any atom is 0.204 e. The minimum Gasteiger partial charge on any atom is -0.494 e. The Bertz CT molecular complexity index is 786. The van der Waals surface area contributed by atoms with Gasteiger partial charge >= 0.3 is 0 Å². The largest absolute Gasteiger partial charge is 0.494 e. The van der Waals surface area contributed by atoms with Gasteiger partial charge in [-0.3, -0.25) is 0 Å². The standard InChI is InChI=1S/C21H23F3O3/c1-25-17-8-7-15(11-16(17)22)14-5-3-13(4-6-14)12-27-19-10-9-18(26-2)20(23)21(19)24/h7-11,13-14H,3-6,12H2,1-2H3. The van der Waals surface area contributed by atoms with Crippen molar-refractivity contribution in [1.82, 2.24) is 0 Å². The second-order valence-electron chi connectivity index (χ2n) is 6.82. The molecule has 1 aliphatic carbocycles. The number of halogens is 3. The summed E-state index contributed by atoms with van der Waals surface area (Å²) >= 11 is 0. The van der Waals surface area contributed by atoms with Crippen molar-refractivity contribution in [2.75, 3.05) is 20.8 Å². The lowest BCUT2D eigenvalue weighted by atomic mass is 9.79. The zero-order chi connectivity index (χ0) is 19.4. The summed E-state index contributed by atoms with van der Waals surface area (Å²) < 4.78 is 56.8. The Labute approximate surface area is 157 Å². The molecule has 0 saturated heterocycles. The molecule has 1 saturated carbocycles. The van der Waals surface area contributed by atoms with Crippen molar-refractivity contribution in [2.45, 2.75) is 31.6 Å². The number of ether oxygens (including phenoxy) is 3. The Morgan fingerprint density at radius 2 is 1.41 bits per heavy atom. The van der Waals surface area contributed by atoms with Crippen LogP contribution in [0.15, 0.2) is 30.3 Å². The molecular formula is C21H23F3O3. The highest BCUT2D eigenvalue weighted by molar-refractivity contribution is 5.35. The molecule has 0 aliphatic heterocycles. The smallest absolute Gasteiger partial charge is 0.204 e. The fraction of sp³-hybridized carbons (Fsp3) is 0.429. The highest BCUT2D eigenvalue weighted by Gasteiger charge is 2.24. The van der Waals surface area contributed by atoms with Gasteiger partial charge in [-0.2, -0.15) is 8.78 Å². The summed E-state index contributed by atoms with van der Waals surface area (Å²) in [5.41, 5.74) is 0.968. The Morgan fingerprint density at radius 1 is 0.815 bits per heavy atom. The first-order valence-electron chi connectivity index (χ1n) is 9.01. The van der Waals surface area contributed by atoms with Crippen LogP contribution in [-0.4, -0.2) is 20.8 Å². The second-order valence-corrected chi connectivity index (χ2v) is 6.82. The van der Waals surface area contributed by atoms with Crippen LogP contribution in [0.5, 0.6) is 17.2 Å². The zero-order valence-electron chi connectivity index (χ0n) is 15.4. The van der Waals surface area contributed by atoms with Gasteiger partial charge < -0.3 is 14.2 Å². The summed E-state index contributed by atoms with van der Waals surface area (Å²) in [6.45, 7) is 0.326. The first kappa shape index (κ1) is 19.4. The summed E-state index contributed by atoms with van der Waals surface area (Å²) in [6.07, 6.45) is 3.58. The number of hydrogen-bond donors (Lipinski definition) is 0. The van der Waals surface area contributed by atoms with Crippen LogP contribution in [0.25, 0.3) is 0 Å². The molecule has 0 bridgehead atoms. The maximum atomic E-state index is 14.0. The van der Waals surface area contributed by atoms with Crippen molar-refractivity contribution in [2.24, 2.45) is 5.92 Å². The van der Waals surface area contributed by atoms with Crippen molar-refractivity contribution in [3.63, 3.8) is 0 Å². The average molecular weight is 380 g/mol. The van der Waals surface area contributed by atoms with Crippen LogP contribution in [0.2, 0.25) is 0 Å². The van der Waals surface area contributed by atoms with E-state index in [4.69, 9.17) is 14.2 Å². The van der Waals surface area contributed by atoms with Gasteiger partial charge in [-0.05, 0) is 67.3 Å². The predicted octanol–water partition coefficient (Wildman–Crippen LogP) is 5.47. The van der Waals surface area contributed by atoms with Crippen LogP contribution < -0.4 is 14.2 Å². The van der Waals surface area contributed by atoms with Crippen molar-refractivity contribution in [1.29, 1.82) is 0 Å². The molecule has 27 heavy (non-hydrogen) atoms. The Hall–Kier alpha value is -2.37. The van der Waals surface area contributed by atoms with E-state index >= 15 is 0 Å². The molecule has 6 heteroatoms. The third-order valence-electron chi connectivity index (χ3n) is 5.20. The van der Waals surface area contributed by atoms with Crippen LogP contribution in [0.4, 0.5) is 13.2 Å². The Balaban J connectivity index is 1.54. The van der Waals surface area contributed by atoms with E-state index in [2.05, 4.69) is 0 Å². The van der Waals surface area contributed by atoms with E-state index in [1.165, 1.54) is 32.4 Å². The Kier molecular flexibility index (Phi) is 6.14. The van der Waals surface area contributed by atoms with Crippen LogP contribution in [0.3, 0.4) is 0 Å². The summed E-state index contributed by atoms with van der Waals surface area (Å²) in [5.74, 6) is -1.88. The lowest BCUT2D eigenvalue weighted by Crippen LogP contribution is -2.19. The SMILES string of the molecule is COc1ccc(C2CCC(COc3ccc(OC)c(F)c3F)CC2)cc1F. The van der Waals surface area contributed by atoms with E-state index in [0.29, 0.717) is 6.61 Å². The predicted molar refractivity (Wildman–Crippen MR) is 96.1 cm³/mol. The average Bonchev–Trinajstić information content (AvgIpc) is 2.69. The van der Waals surface area contributed by atoms with Gasteiger partial charge in [0.25, 0.3) is 0 Å². The number of methoxy groups -OCH3 is 2. The fourth-order valence-corrected chi connectivity index (χ4v) is 3.59. The summed E-state index contributed by atoms with van der Waals surface area (Å²) in [4.78, 5) is 0. The molecule has 1 fully saturated rings. The van der Waals surface area contributed by atoms with Crippen LogP contribution >= 0.6 is 0 Å². The van der Waals surface area contributed by atoms with E-state index in [9.17, 15) is 13.2 Å². The lowest BCUT2D eigenvalue weighted by Gasteiger charge is -2.29. The highest BCUT2D eigenvalue weighted by Crippen LogP contribution is 2.37. The van der Waals surface area contributed by atoms with Crippen LogP contribution in [-0.2, 0) is 0 Å². The van der Waals surface area contributed by atoms with Gasteiger partial charge in [-0.1, -0.05) is 6.07 Å². The second kappa shape index (κ2) is 8.55. The monoisotopic (exact) mass is 380 g/mol. The molecule has 1 aliphatic rings. The van der Waals surface area contributed by atoms with Gasteiger partial charge in [0.05, 0.1) is 20.8 Å². The minimum absolute atomic E-state index is 0.104. The van der Waals surface area contributed by atoms with Crippen molar-refractivity contribution in [3.8, 4) is 17.2 Å². The molecule has 2 aromatic carbocycles. The molecule has 0 atom stereocenters. The zero-order valence-corrected chi connectivity index (χ0v) is 15.4. The van der Waals surface area contributed by atoms with Crippen LogP contribution in [0.1, 0.15) is 37.2 Å². The summed E-state index contributed by atoms with van der Waals surface area (Å²) in [5, 5.41) is 0. The van der Waals surface area contributed by atoms with E-state index in [1.54, 1.807) is 6.07 Å². The Morgan fingerprint density at radius 3 is 2.04 bits per heavy atom. The van der Waals surface area contributed by atoms with Gasteiger partial charge in [0.1, 0.15) is 0 Å². The molecule has 0 spiro atoms. The third-order valence-corrected chi connectivity index (χ3v) is 5.20. The van der Waals surface area contributed by atoms with Gasteiger partial charge in [0.2, 0.25) is 11.6 Å². The highest BCUT2D eigenvalue weighted by atomic mass is 19.2. The maximum absolute atomic E-state index is 14.0. The molecule has 0 radical (unpaired) electrons. The molecule has 146 valence electrons. The third kappa shape index (κ3) is 4.31. The molecule has 0 unspecified atom stereocenters. The van der Waals surface area contributed by atoms with Crippen molar-refractivity contribution < 1.29 is 27.4 Å². The lowest BCUT2D eigenvalue weighted by molar-refractivity contribution is 0.192. The number of benzene rings is 2. The topological polar surface area (TPSA) is 27.7 Å². The minimum atomic E-state index is -1.04. The first-order chi connectivity index (χ1) is 13.0. The van der Waals surface area contributed by atoms with Gasteiger partial charge in [0, 0.05) is 0 Å². The summed E-state index contributed by atoms with van der Waals surface area (Å²) in [6, 6.07) is 7.82. The van der Waals surface area contributed by atoms with E-state index in [-0.39, 0.29) is 34.9 Å². The molecule has 0 N–H and O–H groups in total. The fourth-order valence-electron chi connectivity index (χ4n) is 3.59. The van der Waals surface area contributed by atoms with Gasteiger partial charge in [-0.15, -0.1) is 0 Å². The van der Waals surface area contributed by atoms with Crippen molar-refractivity contribution >= 4 is 0 Å². The molecular weight excluding hydrogens is 357 g/mol. The molecule has 0 heterocycles. The van der Waals surface area contributed by atoms with Crippen molar-refractivity contribution in [3.05, 3.63) is 53.3 Å². The molecule has 3 rings (SSSR count). The molecule has 0 amide bonds. The van der Waals surface area contributed by atoms with Gasteiger partial charge in [0.15, 0.2) is 23.1 Å². The first-order valence-corrected chi connectivity index (χ1v) is 9.01. The van der Waals surface area contributed by atoms with E-state index in [1.807, 2.05) is 6.07 Å². The summed E-state index contributed by atoms with van der Waals surface area (Å²) in [7, 11) is 2.73. The number of rotatable bonds is 6. The van der Waals surface area contributed by atoms with E-state index in [0.717, 1.165) is 31.2 Å². The molecule has 2 aromatic rings. The normalized spacial score (nSPS) is 19.6. The quantitative estimate of drug-likeness (QED) is 0.665. The van der Waals surface area contributed by atoms with E-state index < -0.39 is 11.6 Å².